The summed E-state index contributed by atoms with van der Waals surface area (Å²) >= 11 is 0. The molecule has 3 fully saturated rings. The van der Waals surface area contributed by atoms with Gasteiger partial charge in [0.1, 0.15) is 0 Å². The second kappa shape index (κ2) is 4.85. The summed E-state index contributed by atoms with van der Waals surface area (Å²) < 4.78 is 8.01. The fourth-order valence-electron chi connectivity index (χ4n) is 4.64. The third-order valence-corrected chi connectivity index (χ3v) is 5.85. The van der Waals surface area contributed by atoms with Crippen molar-refractivity contribution in [3.8, 4) is 0 Å². The quantitative estimate of drug-likeness (QED) is 0.895. The lowest BCUT2D eigenvalue weighted by Gasteiger charge is -2.64. The Morgan fingerprint density at radius 3 is 3.10 bits per heavy atom. The first-order valence-electron chi connectivity index (χ1n) is 8.15. The molecule has 3 aliphatic rings. The molecule has 4 atom stereocenters. The number of hydrogen-bond acceptors (Lipinski definition) is 3. The van der Waals surface area contributed by atoms with Crippen LogP contribution >= 0.6 is 0 Å². The van der Waals surface area contributed by atoms with Crippen LogP contribution in [-0.2, 0) is 11.3 Å². The van der Waals surface area contributed by atoms with Gasteiger partial charge in [0, 0.05) is 49.0 Å². The average Bonchev–Trinajstić information content (AvgIpc) is 3.02. The number of nitrogens with zero attached hydrogens (tertiary/aromatic N) is 2. The summed E-state index contributed by atoms with van der Waals surface area (Å²) in [7, 11) is 0. The molecule has 4 heteroatoms. The number of rotatable bonds is 5. The first kappa shape index (κ1) is 12.8. The Labute approximate surface area is 120 Å². The van der Waals surface area contributed by atoms with Crippen molar-refractivity contribution in [1.82, 2.24) is 15.1 Å². The second-order valence-corrected chi connectivity index (χ2v) is 6.93. The molecule has 1 aromatic rings. The van der Waals surface area contributed by atoms with E-state index in [0.717, 1.165) is 25.5 Å². The Bertz CT molecular complexity index is 454. The van der Waals surface area contributed by atoms with Crippen molar-refractivity contribution in [2.75, 3.05) is 6.61 Å². The van der Waals surface area contributed by atoms with E-state index in [9.17, 15) is 0 Å². The van der Waals surface area contributed by atoms with E-state index in [1.807, 2.05) is 23.1 Å². The van der Waals surface area contributed by atoms with E-state index in [1.165, 1.54) is 25.7 Å². The number of ether oxygens (including phenoxy) is 1. The molecule has 4 nitrogen and oxygen atoms in total. The maximum absolute atomic E-state index is 5.99. The van der Waals surface area contributed by atoms with Gasteiger partial charge in [-0.2, -0.15) is 5.10 Å². The highest BCUT2D eigenvalue weighted by atomic mass is 16.5. The summed E-state index contributed by atoms with van der Waals surface area (Å²) in [5.74, 6) is 0.780. The summed E-state index contributed by atoms with van der Waals surface area (Å²) in [4.78, 5) is 0. The van der Waals surface area contributed by atoms with E-state index in [0.29, 0.717) is 23.6 Å². The van der Waals surface area contributed by atoms with Crippen LogP contribution in [0.3, 0.4) is 0 Å². The fraction of sp³-hybridized carbons (Fsp3) is 0.812. The van der Waals surface area contributed by atoms with Gasteiger partial charge >= 0.3 is 0 Å². The van der Waals surface area contributed by atoms with E-state index in [1.54, 1.807) is 0 Å². The normalized spacial score (nSPS) is 35.4. The van der Waals surface area contributed by atoms with Gasteiger partial charge in [-0.25, -0.2) is 0 Å². The van der Waals surface area contributed by atoms with Crippen molar-refractivity contribution in [1.29, 1.82) is 0 Å². The standard InChI is InChI=1S/C16H25N3O/c1-12(4-10-19-9-3-8-17-19)18-14-13-5-11-20-15(13)16(14)6-2-7-16/h3,8-9,12-15,18H,2,4-7,10-11H2,1H3/t12-,13-,14-,15+/m1/s1. The van der Waals surface area contributed by atoms with Crippen LogP contribution in [-0.4, -0.2) is 34.6 Å². The molecule has 1 aliphatic heterocycles. The Morgan fingerprint density at radius 1 is 1.50 bits per heavy atom. The van der Waals surface area contributed by atoms with E-state index in [-0.39, 0.29) is 0 Å². The van der Waals surface area contributed by atoms with Crippen molar-refractivity contribution in [3.63, 3.8) is 0 Å². The minimum atomic E-state index is 0.501. The maximum Gasteiger partial charge on any atom is 0.0690 e. The Kier molecular flexibility index (Phi) is 3.11. The molecule has 1 N–H and O–H groups in total. The Balaban J connectivity index is 1.34. The van der Waals surface area contributed by atoms with Gasteiger partial charge in [0.25, 0.3) is 0 Å². The van der Waals surface area contributed by atoms with Gasteiger partial charge in [0.2, 0.25) is 0 Å². The van der Waals surface area contributed by atoms with Crippen LogP contribution in [0.25, 0.3) is 0 Å². The highest BCUT2D eigenvalue weighted by Crippen LogP contribution is 2.62. The molecule has 0 bridgehead atoms. The van der Waals surface area contributed by atoms with Gasteiger partial charge < -0.3 is 10.1 Å². The van der Waals surface area contributed by atoms with Crippen molar-refractivity contribution in [2.24, 2.45) is 11.3 Å². The first-order valence-corrected chi connectivity index (χ1v) is 8.15. The van der Waals surface area contributed by atoms with Gasteiger partial charge in [0.15, 0.2) is 0 Å². The zero-order valence-corrected chi connectivity index (χ0v) is 12.3. The number of fused-ring (bicyclic) bond motifs is 2. The third kappa shape index (κ3) is 1.85. The number of nitrogens with one attached hydrogen (secondary N) is 1. The molecule has 0 radical (unpaired) electrons. The molecule has 20 heavy (non-hydrogen) atoms. The molecule has 4 rings (SSSR count). The van der Waals surface area contributed by atoms with Crippen LogP contribution < -0.4 is 5.32 Å². The van der Waals surface area contributed by atoms with Gasteiger partial charge in [-0.1, -0.05) is 6.42 Å². The average molecular weight is 275 g/mol. The van der Waals surface area contributed by atoms with Crippen LogP contribution in [0.5, 0.6) is 0 Å². The van der Waals surface area contributed by atoms with Crippen molar-refractivity contribution >= 4 is 0 Å². The predicted octanol–water partition coefficient (Wildman–Crippen LogP) is 2.21. The number of aromatic nitrogens is 2. The van der Waals surface area contributed by atoms with Gasteiger partial charge in [-0.05, 0) is 38.7 Å². The SMILES string of the molecule is C[C@H](CCn1cccn1)N[C@@H]1[C@H]2CCO[C@@H]2C12CCC2. The zero-order chi connectivity index (χ0) is 13.6. The molecule has 1 spiro atoms. The van der Waals surface area contributed by atoms with Crippen LogP contribution in [0, 0.1) is 11.3 Å². The minimum absolute atomic E-state index is 0.501. The topological polar surface area (TPSA) is 39.1 Å². The monoisotopic (exact) mass is 275 g/mol. The summed E-state index contributed by atoms with van der Waals surface area (Å²) in [5.41, 5.74) is 0.501. The lowest BCUT2D eigenvalue weighted by molar-refractivity contribution is -0.178. The molecule has 1 aromatic heterocycles. The molecular weight excluding hydrogens is 250 g/mol. The van der Waals surface area contributed by atoms with E-state index in [4.69, 9.17) is 4.74 Å². The molecule has 2 saturated carbocycles. The van der Waals surface area contributed by atoms with Crippen molar-refractivity contribution in [3.05, 3.63) is 18.5 Å². The first-order chi connectivity index (χ1) is 9.79. The van der Waals surface area contributed by atoms with Crippen LogP contribution in [0.15, 0.2) is 18.5 Å². The summed E-state index contributed by atoms with van der Waals surface area (Å²) in [5, 5.41) is 8.20. The van der Waals surface area contributed by atoms with E-state index in [2.05, 4.69) is 17.3 Å². The molecule has 0 amide bonds. The lowest BCUT2D eigenvalue weighted by Crippen LogP contribution is -2.72. The molecule has 1 saturated heterocycles. The van der Waals surface area contributed by atoms with Crippen LogP contribution in [0.4, 0.5) is 0 Å². The van der Waals surface area contributed by atoms with Crippen LogP contribution in [0.1, 0.15) is 39.0 Å². The second-order valence-electron chi connectivity index (χ2n) is 6.93. The molecule has 2 aliphatic carbocycles. The fourth-order valence-corrected chi connectivity index (χ4v) is 4.64. The maximum atomic E-state index is 5.99. The molecule has 110 valence electrons. The number of hydrogen-bond donors (Lipinski definition) is 1. The van der Waals surface area contributed by atoms with Crippen LogP contribution in [0.2, 0.25) is 0 Å². The number of aryl methyl sites for hydroxylation is 1. The summed E-state index contributed by atoms with van der Waals surface area (Å²) in [6.07, 6.45) is 11.0. The summed E-state index contributed by atoms with van der Waals surface area (Å²) in [6, 6.07) is 3.26. The zero-order valence-electron chi connectivity index (χ0n) is 12.3. The highest BCUT2D eigenvalue weighted by molar-refractivity contribution is 5.18. The van der Waals surface area contributed by atoms with Crippen molar-refractivity contribution in [2.45, 2.75) is 63.8 Å². The van der Waals surface area contributed by atoms with E-state index < -0.39 is 0 Å². The largest absolute Gasteiger partial charge is 0.377 e. The Morgan fingerprint density at radius 2 is 2.40 bits per heavy atom. The van der Waals surface area contributed by atoms with Crippen molar-refractivity contribution < 1.29 is 4.74 Å². The minimum Gasteiger partial charge on any atom is -0.377 e. The third-order valence-electron chi connectivity index (χ3n) is 5.85. The molecule has 0 unspecified atom stereocenters. The summed E-state index contributed by atoms with van der Waals surface area (Å²) in [6.45, 7) is 4.31. The predicted molar refractivity (Wildman–Crippen MR) is 77.4 cm³/mol. The molecule has 0 aromatic carbocycles. The Hall–Kier alpha value is -0.870. The van der Waals surface area contributed by atoms with Gasteiger partial charge in [0.05, 0.1) is 6.10 Å². The van der Waals surface area contributed by atoms with E-state index >= 15 is 0 Å². The van der Waals surface area contributed by atoms with Gasteiger partial charge in [-0.15, -0.1) is 0 Å². The smallest absolute Gasteiger partial charge is 0.0690 e. The molecule has 2 heterocycles. The van der Waals surface area contributed by atoms with Gasteiger partial charge in [-0.3, -0.25) is 4.68 Å². The highest BCUT2D eigenvalue weighted by Gasteiger charge is 2.66. The lowest BCUT2D eigenvalue weighted by atomic mass is 9.46. The molecular formula is C16H25N3O.